The van der Waals surface area contributed by atoms with Crippen molar-refractivity contribution in [1.29, 1.82) is 0 Å². The van der Waals surface area contributed by atoms with Crippen molar-refractivity contribution in [3.63, 3.8) is 0 Å². The van der Waals surface area contributed by atoms with Crippen molar-refractivity contribution < 1.29 is 22.8 Å². The number of rotatable bonds is 3. The number of amides is 2. The molecule has 34 heavy (non-hydrogen) atoms. The number of carbonyl (C=O) groups is 2. The van der Waals surface area contributed by atoms with E-state index in [9.17, 15) is 32.3 Å². The van der Waals surface area contributed by atoms with Gasteiger partial charge in [-0.15, -0.1) is 0 Å². The largest absolute Gasteiger partial charge is 0.417 e. The second-order valence-corrected chi connectivity index (χ2v) is 7.87. The average molecular weight is 474 g/mol. The highest BCUT2D eigenvalue weighted by Gasteiger charge is 2.36. The van der Waals surface area contributed by atoms with Crippen molar-refractivity contribution in [2.24, 2.45) is 0 Å². The van der Waals surface area contributed by atoms with E-state index in [0.29, 0.717) is 0 Å². The molecule has 1 aliphatic rings. The Balaban J connectivity index is 1.50. The van der Waals surface area contributed by atoms with Gasteiger partial charge in [0.1, 0.15) is 0 Å². The van der Waals surface area contributed by atoms with E-state index >= 15 is 0 Å². The van der Waals surface area contributed by atoms with Crippen molar-refractivity contribution in [3.8, 4) is 0 Å². The summed E-state index contributed by atoms with van der Waals surface area (Å²) in [5.74, 6) is -1.11. The van der Waals surface area contributed by atoms with E-state index in [1.165, 1.54) is 40.1 Å². The minimum atomic E-state index is -4.65. The third-order valence-corrected chi connectivity index (χ3v) is 5.86. The summed E-state index contributed by atoms with van der Waals surface area (Å²) in [6, 6.07) is 9.00. The average Bonchev–Trinajstić information content (AvgIpc) is 2.82. The van der Waals surface area contributed by atoms with E-state index in [2.05, 4.69) is 4.98 Å². The van der Waals surface area contributed by atoms with Gasteiger partial charge in [-0.25, -0.2) is 4.79 Å². The zero-order valence-corrected chi connectivity index (χ0v) is 18.2. The van der Waals surface area contributed by atoms with Crippen LogP contribution in [0.15, 0.2) is 52.1 Å². The predicted molar refractivity (Wildman–Crippen MR) is 118 cm³/mol. The molecule has 0 unspecified atom stereocenters. The monoisotopic (exact) mass is 474 g/mol. The molecule has 1 aromatic heterocycles. The Bertz CT molecular complexity index is 1390. The van der Waals surface area contributed by atoms with E-state index in [1.54, 1.807) is 6.92 Å². The molecular weight excluding hydrogens is 453 g/mol. The molecule has 11 heteroatoms. The normalized spacial score (nSPS) is 14.5. The van der Waals surface area contributed by atoms with Crippen LogP contribution in [0.25, 0.3) is 10.9 Å². The number of hydrogen-bond donors (Lipinski definition) is 1. The van der Waals surface area contributed by atoms with E-state index in [4.69, 9.17) is 0 Å². The Morgan fingerprint density at radius 3 is 2.18 bits per heavy atom. The van der Waals surface area contributed by atoms with Crippen LogP contribution < -0.4 is 11.2 Å². The Labute approximate surface area is 191 Å². The molecule has 3 aromatic rings. The number of nitrogens with zero attached hydrogens (tertiary/aromatic N) is 3. The number of H-pyrrole nitrogens is 1. The van der Waals surface area contributed by atoms with Gasteiger partial charge in [-0.3, -0.25) is 19.0 Å². The Kier molecular flexibility index (Phi) is 6.03. The van der Waals surface area contributed by atoms with Crippen LogP contribution >= 0.6 is 0 Å². The quantitative estimate of drug-likeness (QED) is 0.631. The van der Waals surface area contributed by atoms with Crippen LogP contribution in [0.3, 0.4) is 0 Å². The molecule has 2 heterocycles. The lowest BCUT2D eigenvalue weighted by molar-refractivity contribution is -0.138. The molecule has 1 aliphatic heterocycles. The van der Waals surface area contributed by atoms with Gasteiger partial charge in [-0.2, -0.15) is 13.2 Å². The van der Waals surface area contributed by atoms with Gasteiger partial charge in [0.2, 0.25) is 0 Å². The minimum Gasteiger partial charge on any atom is -0.335 e. The van der Waals surface area contributed by atoms with Gasteiger partial charge in [0, 0.05) is 38.3 Å². The molecule has 178 valence electrons. The smallest absolute Gasteiger partial charge is 0.335 e. The number of piperazine rings is 1. The summed E-state index contributed by atoms with van der Waals surface area (Å²) in [6.07, 6.45) is -4.65. The Morgan fingerprint density at radius 1 is 0.941 bits per heavy atom. The van der Waals surface area contributed by atoms with Crippen molar-refractivity contribution in [2.75, 3.05) is 26.2 Å². The first kappa shape index (κ1) is 23.3. The van der Waals surface area contributed by atoms with Crippen LogP contribution in [-0.2, 0) is 12.7 Å². The van der Waals surface area contributed by atoms with Gasteiger partial charge in [-0.05, 0) is 37.3 Å². The second-order valence-electron chi connectivity index (χ2n) is 7.87. The summed E-state index contributed by atoms with van der Waals surface area (Å²) in [5, 5.41) is 0.275. The summed E-state index contributed by atoms with van der Waals surface area (Å²) in [4.78, 5) is 55.5. The highest BCUT2D eigenvalue weighted by Crippen LogP contribution is 2.32. The molecule has 1 N–H and O–H groups in total. The van der Waals surface area contributed by atoms with Gasteiger partial charge in [0.25, 0.3) is 17.4 Å². The molecule has 2 aromatic carbocycles. The number of nitrogens with one attached hydrogen (secondary N) is 1. The SMILES string of the molecule is CCn1c(=O)[nH]c2cc(C(=O)N3CCN(C(=O)c4ccccc4C(F)(F)F)CC3)ccc2c1=O. The van der Waals surface area contributed by atoms with E-state index in [0.717, 1.165) is 16.7 Å². The van der Waals surface area contributed by atoms with Crippen LogP contribution in [-0.4, -0.2) is 57.3 Å². The maximum Gasteiger partial charge on any atom is 0.417 e. The molecule has 8 nitrogen and oxygen atoms in total. The topological polar surface area (TPSA) is 95.5 Å². The molecule has 0 bridgehead atoms. The van der Waals surface area contributed by atoms with Crippen molar-refractivity contribution in [3.05, 3.63) is 80.0 Å². The maximum absolute atomic E-state index is 13.3. The van der Waals surface area contributed by atoms with Gasteiger partial charge in [0.05, 0.1) is 22.0 Å². The number of carbonyl (C=O) groups excluding carboxylic acids is 2. The van der Waals surface area contributed by atoms with Crippen molar-refractivity contribution in [2.45, 2.75) is 19.6 Å². The molecule has 4 rings (SSSR count). The second kappa shape index (κ2) is 8.81. The van der Waals surface area contributed by atoms with Crippen LogP contribution in [0.2, 0.25) is 0 Å². The van der Waals surface area contributed by atoms with E-state index < -0.39 is 34.5 Å². The van der Waals surface area contributed by atoms with Crippen LogP contribution in [0, 0.1) is 0 Å². The van der Waals surface area contributed by atoms with Crippen LogP contribution in [0.4, 0.5) is 13.2 Å². The lowest BCUT2D eigenvalue weighted by atomic mass is 10.1. The van der Waals surface area contributed by atoms with Crippen molar-refractivity contribution >= 4 is 22.7 Å². The number of alkyl halides is 3. The third kappa shape index (κ3) is 4.20. The number of fused-ring (bicyclic) bond motifs is 1. The molecule has 0 atom stereocenters. The number of benzene rings is 2. The van der Waals surface area contributed by atoms with Crippen LogP contribution in [0.1, 0.15) is 33.2 Å². The van der Waals surface area contributed by atoms with Gasteiger partial charge in [-0.1, -0.05) is 12.1 Å². The molecule has 1 fully saturated rings. The molecule has 0 aliphatic carbocycles. The first-order chi connectivity index (χ1) is 16.1. The predicted octanol–water partition coefficient (Wildman–Crippen LogP) is 2.33. The van der Waals surface area contributed by atoms with Crippen LogP contribution in [0.5, 0.6) is 0 Å². The highest BCUT2D eigenvalue weighted by molar-refractivity contribution is 5.98. The van der Waals surface area contributed by atoms with Gasteiger partial charge in [0.15, 0.2) is 0 Å². The fraction of sp³-hybridized carbons (Fsp3) is 0.304. The van der Waals surface area contributed by atoms with Gasteiger partial charge < -0.3 is 14.8 Å². The lowest BCUT2D eigenvalue weighted by Gasteiger charge is -2.35. The van der Waals surface area contributed by atoms with Crippen molar-refractivity contribution in [1.82, 2.24) is 19.4 Å². The Hall–Kier alpha value is -3.89. The summed E-state index contributed by atoms with van der Waals surface area (Å²) < 4.78 is 40.9. The summed E-state index contributed by atoms with van der Waals surface area (Å²) in [6.45, 7) is 2.29. The number of halogens is 3. The number of aromatic nitrogens is 2. The van der Waals surface area contributed by atoms with E-state index in [-0.39, 0.29) is 55.1 Å². The zero-order valence-electron chi connectivity index (χ0n) is 18.2. The number of aromatic amines is 1. The first-order valence-corrected chi connectivity index (χ1v) is 10.6. The summed E-state index contributed by atoms with van der Waals surface area (Å²) in [5.41, 5.74) is -1.96. The Morgan fingerprint density at radius 2 is 1.56 bits per heavy atom. The summed E-state index contributed by atoms with van der Waals surface area (Å²) >= 11 is 0. The number of hydrogen-bond acceptors (Lipinski definition) is 4. The van der Waals surface area contributed by atoms with Gasteiger partial charge >= 0.3 is 11.9 Å². The third-order valence-electron chi connectivity index (χ3n) is 5.86. The zero-order chi connectivity index (χ0) is 24.6. The fourth-order valence-electron chi connectivity index (χ4n) is 4.06. The summed E-state index contributed by atoms with van der Waals surface area (Å²) in [7, 11) is 0. The molecule has 2 amide bonds. The highest BCUT2D eigenvalue weighted by atomic mass is 19.4. The first-order valence-electron chi connectivity index (χ1n) is 10.6. The van der Waals surface area contributed by atoms with E-state index in [1.807, 2.05) is 0 Å². The molecule has 0 spiro atoms. The minimum absolute atomic E-state index is 0.0718. The standard InChI is InChI=1S/C23H21F3N4O4/c1-2-30-21(33)16-8-7-14(13-18(16)27-22(30)34)19(31)28-9-11-29(12-10-28)20(32)15-5-3-4-6-17(15)23(24,25)26/h3-8,13H,2,9-12H2,1H3,(H,27,34). The molecule has 0 radical (unpaired) electrons. The fourth-order valence-corrected chi connectivity index (χ4v) is 4.06. The molecule has 0 saturated carbocycles. The lowest BCUT2D eigenvalue weighted by Crippen LogP contribution is -2.50. The molecule has 1 saturated heterocycles. The maximum atomic E-state index is 13.3. The molecular formula is C23H21F3N4O4.